The van der Waals surface area contributed by atoms with Crippen molar-refractivity contribution in [3.05, 3.63) is 78.0 Å². The van der Waals surface area contributed by atoms with E-state index >= 15 is 0 Å². The molecule has 1 aliphatic rings. The van der Waals surface area contributed by atoms with Crippen molar-refractivity contribution in [2.45, 2.75) is 32.5 Å². The molecule has 45 heavy (non-hydrogen) atoms. The molecule has 0 saturated carbocycles. The number of piperazine rings is 1. The van der Waals surface area contributed by atoms with Gasteiger partial charge in [-0.05, 0) is 69.3 Å². The van der Waals surface area contributed by atoms with E-state index in [0.29, 0.717) is 48.5 Å². The first-order valence-corrected chi connectivity index (χ1v) is 14.3. The molecule has 0 spiro atoms. The van der Waals surface area contributed by atoms with Crippen molar-refractivity contribution in [3.63, 3.8) is 0 Å². The van der Waals surface area contributed by atoms with Gasteiger partial charge in [0.25, 0.3) is 5.91 Å². The first-order chi connectivity index (χ1) is 21.4. The normalized spacial score (nSPS) is 14.2. The molecular weight excluding hydrogens is 589 g/mol. The van der Waals surface area contributed by atoms with Gasteiger partial charge in [-0.2, -0.15) is 18.3 Å². The van der Waals surface area contributed by atoms with Crippen molar-refractivity contribution in [2.75, 3.05) is 41.8 Å². The Morgan fingerprint density at radius 3 is 2.44 bits per heavy atom. The van der Waals surface area contributed by atoms with Crippen molar-refractivity contribution < 1.29 is 27.5 Å². The van der Waals surface area contributed by atoms with Gasteiger partial charge in [0, 0.05) is 29.7 Å². The van der Waals surface area contributed by atoms with Gasteiger partial charge >= 0.3 is 12.3 Å². The standard InChI is InChI=1S/C31H31F3N8O3/c1-30(2,3)45-29(44)40-12-14-41(15-13-40)42-26-11-9-19(27(43)36-21-10-8-20-18-35-39-24(20)17-21)16-25(26)38-28(42)37-23-7-5-4-6-22(23)31(32,33)34/h4-11,16-18H,12-15H2,1-3H3,(H,35,39)(H,36,43)(H,37,38). The highest BCUT2D eigenvalue weighted by molar-refractivity contribution is 6.06. The van der Waals surface area contributed by atoms with Crippen LogP contribution < -0.4 is 15.6 Å². The number of halogens is 3. The third kappa shape index (κ3) is 6.35. The van der Waals surface area contributed by atoms with Crippen LogP contribution in [-0.4, -0.2) is 68.5 Å². The monoisotopic (exact) mass is 620 g/mol. The first-order valence-electron chi connectivity index (χ1n) is 14.3. The summed E-state index contributed by atoms with van der Waals surface area (Å²) < 4.78 is 48.8. The van der Waals surface area contributed by atoms with Crippen LogP contribution in [0.2, 0.25) is 0 Å². The van der Waals surface area contributed by atoms with Crippen LogP contribution in [0.15, 0.2) is 66.9 Å². The number of alkyl halides is 3. The summed E-state index contributed by atoms with van der Waals surface area (Å²) >= 11 is 0. The van der Waals surface area contributed by atoms with Crippen molar-refractivity contribution in [1.29, 1.82) is 0 Å². The van der Waals surface area contributed by atoms with E-state index in [0.717, 1.165) is 17.0 Å². The number of aromatic nitrogens is 4. The lowest BCUT2D eigenvalue weighted by Gasteiger charge is -2.37. The van der Waals surface area contributed by atoms with E-state index < -0.39 is 23.4 Å². The molecule has 1 fully saturated rings. The molecule has 3 heterocycles. The number of aromatic amines is 1. The summed E-state index contributed by atoms with van der Waals surface area (Å²) in [4.78, 5) is 32.1. The molecule has 11 nitrogen and oxygen atoms in total. The second-order valence-electron chi connectivity index (χ2n) is 11.7. The Balaban J connectivity index is 1.32. The number of para-hydroxylation sites is 1. The van der Waals surface area contributed by atoms with Gasteiger partial charge in [-0.15, -0.1) is 0 Å². The average Bonchev–Trinajstić information content (AvgIpc) is 3.59. The first kappa shape index (κ1) is 29.8. The number of nitrogens with zero attached hydrogens (tertiary/aromatic N) is 5. The fourth-order valence-electron chi connectivity index (χ4n) is 5.16. The molecule has 2 aromatic heterocycles. The molecule has 14 heteroatoms. The van der Waals surface area contributed by atoms with Gasteiger partial charge in [-0.3, -0.25) is 9.89 Å². The van der Waals surface area contributed by atoms with Crippen LogP contribution in [0, 0.1) is 0 Å². The number of imidazole rings is 1. The second kappa shape index (κ2) is 11.3. The molecule has 0 unspecified atom stereocenters. The maximum atomic E-state index is 13.9. The minimum Gasteiger partial charge on any atom is -0.444 e. The van der Waals surface area contributed by atoms with Crippen molar-refractivity contribution in [1.82, 2.24) is 24.8 Å². The molecule has 0 aliphatic carbocycles. The van der Waals surface area contributed by atoms with Gasteiger partial charge in [-0.25, -0.2) is 14.5 Å². The smallest absolute Gasteiger partial charge is 0.418 e. The summed E-state index contributed by atoms with van der Waals surface area (Å²) in [6.45, 7) is 6.76. The van der Waals surface area contributed by atoms with Crippen LogP contribution >= 0.6 is 0 Å². The summed E-state index contributed by atoms with van der Waals surface area (Å²) in [5.41, 5.74) is 0.965. The number of hydrogen-bond acceptors (Lipinski definition) is 7. The van der Waals surface area contributed by atoms with Crippen LogP contribution in [0.25, 0.3) is 21.9 Å². The predicted octanol–water partition coefficient (Wildman–Crippen LogP) is 6.12. The van der Waals surface area contributed by atoms with E-state index in [-0.39, 0.29) is 17.5 Å². The van der Waals surface area contributed by atoms with Crippen LogP contribution in [-0.2, 0) is 10.9 Å². The van der Waals surface area contributed by atoms with E-state index in [4.69, 9.17) is 4.74 Å². The summed E-state index contributed by atoms with van der Waals surface area (Å²) in [5.74, 6) is -0.247. The number of anilines is 3. The maximum absolute atomic E-state index is 13.9. The Labute approximate surface area is 255 Å². The zero-order chi connectivity index (χ0) is 31.9. The minimum absolute atomic E-state index is 0.134. The summed E-state index contributed by atoms with van der Waals surface area (Å²) in [7, 11) is 0. The van der Waals surface area contributed by atoms with E-state index in [9.17, 15) is 22.8 Å². The third-order valence-electron chi connectivity index (χ3n) is 7.26. The maximum Gasteiger partial charge on any atom is 0.418 e. The number of rotatable bonds is 5. The van der Waals surface area contributed by atoms with Gasteiger partial charge < -0.3 is 25.3 Å². The molecule has 1 aliphatic heterocycles. The SMILES string of the molecule is CC(C)(C)OC(=O)N1CCN(n2c(Nc3ccccc3C(F)(F)F)nc3cc(C(=O)Nc4ccc5cn[nH]c5c4)ccc32)CC1. The van der Waals surface area contributed by atoms with E-state index in [1.54, 1.807) is 66.9 Å². The molecule has 0 atom stereocenters. The van der Waals surface area contributed by atoms with Gasteiger partial charge in [-0.1, -0.05) is 12.1 Å². The largest absolute Gasteiger partial charge is 0.444 e. The lowest BCUT2D eigenvalue weighted by molar-refractivity contribution is -0.136. The van der Waals surface area contributed by atoms with Gasteiger partial charge in [0.1, 0.15) is 5.60 Å². The van der Waals surface area contributed by atoms with E-state index in [2.05, 4.69) is 25.8 Å². The van der Waals surface area contributed by atoms with Gasteiger partial charge in [0.05, 0.1) is 47.1 Å². The quantitative estimate of drug-likeness (QED) is 0.217. The van der Waals surface area contributed by atoms with Crippen LogP contribution in [0.5, 0.6) is 0 Å². The molecule has 3 N–H and O–H groups in total. The highest BCUT2D eigenvalue weighted by Gasteiger charge is 2.34. The molecule has 1 saturated heterocycles. The average molecular weight is 621 g/mol. The Morgan fingerprint density at radius 1 is 0.956 bits per heavy atom. The number of nitrogens with one attached hydrogen (secondary N) is 3. The topological polar surface area (TPSA) is 120 Å². The highest BCUT2D eigenvalue weighted by Crippen LogP contribution is 2.36. The number of fused-ring (bicyclic) bond motifs is 2. The number of benzene rings is 3. The van der Waals surface area contributed by atoms with Crippen molar-refractivity contribution in [2.24, 2.45) is 0 Å². The summed E-state index contributed by atoms with van der Waals surface area (Å²) in [6.07, 6.45) is -3.34. The molecule has 0 bridgehead atoms. The van der Waals surface area contributed by atoms with Crippen molar-refractivity contribution >= 4 is 51.3 Å². The number of hydrogen-bond donors (Lipinski definition) is 3. The van der Waals surface area contributed by atoms with Crippen LogP contribution in [0.3, 0.4) is 0 Å². The minimum atomic E-state index is -4.59. The zero-order valence-electron chi connectivity index (χ0n) is 24.8. The van der Waals surface area contributed by atoms with Crippen LogP contribution in [0.4, 0.5) is 35.3 Å². The zero-order valence-corrected chi connectivity index (χ0v) is 24.8. The Bertz CT molecular complexity index is 1880. The highest BCUT2D eigenvalue weighted by atomic mass is 19.4. The third-order valence-corrected chi connectivity index (χ3v) is 7.26. The van der Waals surface area contributed by atoms with Gasteiger partial charge in [0.15, 0.2) is 0 Å². The van der Waals surface area contributed by atoms with Crippen molar-refractivity contribution in [3.8, 4) is 0 Å². The number of amides is 2. The number of carbonyl (C=O) groups is 2. The summed E-state index contributed by atoms with van der Waals surface area (Å²) in [5, 5.41) is 15.4. The fourth-order valence-corrected chi connectivity index (χ4v) is 5.16. The van der Waals surface area contributed by atoms with E-state index in [1.165, 1.54) is 18.2 Å². The molecule has 0 radical (unpaired) electrons. The summed E-state index contributed by atoms with van der Waals surface area (Å²) in [6, 6.07) is 15.5. The lowest BCUT2D eigenvalue weighted by atomic mass is 10.1. The molecule has 2 amide bonds. The lowest BCUT2D eigenvalue weighted by Crippen LogP contribution is -2.53. The van der Waals surface area contributed by atoms with E-state index in [1.807, 2.05) is 11.1 Å². The molecule has 5 aromatic rings. The molecular formula is C31H31F3N8O3. The second-order valence-corrected chi connectivity index (χ2v) is 11.7. The van der Waals surface area contributed by atoms with Crippen LogP contribution in [0.1, 0.15) is 36.7 Å². The Hall–Kier alpha value is -5.27. The Morgan fingerprint density at radius 2 is 1.71 bits per heavy atom. The van der Waals surface area contributed by atoms with Gasteiger partial charge in [0.2, 0.25) is 5.95 Å². The predicted molar refractivity (Wildman–Crippen MR) is 164 cm³/mol. The fraction of sp³-hybridized carbons (Fsp3) is 0.290. The Kier molecular flexibility index (Phi) is 7.51. The molecule has 6 rings (SSSR count). The number of ether oxygens (including phenoxy) is 1. The number of H-pyrrole nitrogens is 1. The molecule has 234 valence electrons. The number of carbonyl (C=O) groups excluding carboxylic acids is 2. The molecule has 3 aromatic carbocycles.